The number of carbonyl (C=O) groups is 2. The minimum absolute atomic E-state index is 0.0238. The third-order valence-electron chi connectivity index (χ3n) is 3.01. The van der Waals surface area contributed by atoms with Crippen molar-refractivity contribution in [1.29, 1.82) is 0 Å². The molecule has 0 aromatic heterocycles. The number of methoxy groups -OCH3 is 1. The third kappa shape index (κ3) is 2.30. The van der Waals surface area contributed by atoms with Crippen molar-refractivity contribution in [2.45, 2.75) is 13.3 Å². The molecule has 1 unspecified atom stereocenters. The van der Waals surface area contributed by atoms with Crippen molar-refractivity contribution < 1.29 is 14.3 Å². The summed E-state index contributed by atoms with van der Waals surface area (Å²) < 4.78 is 4.67. The number of aryl methyl sites for hydroxylation is 1. The number of benzene rings is 1. The lowest BCUT2D eigenvalue weighted by Gasteiger charge is -2.16. The zero-order chi connectivity index (χ0) is 12.4. The van der Waals surface area contributed by atoms with E-state index < -0.39 is 0 Å². The summed E-state index contributed by atoms with van der Waals surface area (Å²) in [5, 5.41) is 0. The van der Waals surface area contributed by atoms with Gasteiger partial charge in [0.2, 0.25) is 5.91 Å². The van der Waals surface area contributed by atoms with E-state index in [1.807, 2.05) is 31.2 Å². The van der Waals surface area contributed by atoms with Gasteiger partial charge in [0.15, 0.2) is 0 Å². The van der Waals surface area contributed by atoms with E-state index in [0.717, 1.165) is 11.3 Å². The highest BCUT2D eigenvalue weighted by atomic mass is 16.5. The fourth-order valence-corrected chi connectivity index (χ4v) is 2.01. The second kappa shape index (κ2) is 4.57. The van der Waals surface area contributed by atoms with Gasteiger partial charge in [-0.2, -0.15) is 0 Å². The van der Waals surface area contributed by atoms with Gasteiger partial charge in [-0.3, -0.25) is 9.59 Å². The Morgan fingerprint density at radius 2 is 2.00 bits per heavy atom. The number of hydrogen-bond donors (Lipinski definition) is 0. The molecule has 1 saturated heterocycles. The van der Waals surface area contributed by atoms with E-state index in [1.54, 1.807) is 4.90 Å². The summed E-state index contributed by atoms with van der Waals surface area (Å²) in [6.07, 6.45) is 0.237. The molecule has 2 rings (SSSR count). The Bertz CT molecular complexity index is 438. The van der Waals surface area contributed by atoms with Gasteiger partial charge in [0, 0.05) is 18.7 Å². The van der Waals surface area contributed by atoms with E-state index in [1.165, 1.54) is 7.11 Å². The van der Waals surface area contributed by atoms with Crippen molar-refractivity contribution in [3.63, 3.8) is 0 Å². The van der Waals surface area contributed by atoms with Gasteiger partial charge >= 0.3 is 5.97 Å². The van der Waals surface area contributed by atoms with E-state index in [2.05, 4.69) is 4.74 Å². The molecule has 1 aliphatic rings. The first-order valence-corrected chi connectivity index (χ1v) is 5.56. The summed E-state index contributed by atoms with van der Waals surface area (Å²) in [7, 11) is 1.35. The van der Waals surface area contributed by atoms with Crippen molar-refractivity contribution in [3.8, 4) is 0 Å². The first kappa shape index (κ1) is 11.6. The lowest BCUT2D eigenvalue weighted by Crippen LogP contribution is -2.26. The average molecular weight is 233 g/mol. The zero-order valence-electron chi connectivity index (χ0n) is 9.97. The summed E-state index contributed by atoms with van der Waals surface area (Å²) in [5.41, 5.74) is 1.98. The van der Waals surface area contributed by atoms with E-state index in [4.69, 9.17) is 0 Å². The van der Waals surface area contributed by atoms with Crippen LogP contribution in [0.3, 0.4) is 0 Å². The largest absolute Gasteiger partial charge is 0.469 e. The molecule has 0 spiro atoms. The van der Waals surface area contributed by atoms with Crippen molar-refractivity contribution >= 4 is 17.6 Å². The summed E-state index contributed by atoms with van der Waals surface area (Å²) in [6.45, 7) is 2.40. The summed E-state index contributed by atoms with van der Waals surface area (Å²) in [5.74, 6) is -0.675. The number of rotatable bonds is 2. The van der Waals surface area contributed by atoms with Crippen LogP contribution in [0.5, 0.6) is 0 Å². The maximum atomic E-state index is 11.8. The first-order chi connectivity index (χ1) is 8.11. The van der Waals surface area contributed by atoms with Crippen LogP contribution in [0.1, 0.15) is 12.0 Å². The number of hydrogen-bond acceptors (Lipinski definition) is 3. The SMILES string of the molecule is COC(=O)C1CC(=O)N(c2ccc(C)cc2)C1. The van der Waals surface area contributed by atoms with Crippen molar-refractivity contribution in [3.05, 3.63) is 29.8 Å². The number of anilines is 1. The van der Waals surface area contributed by atoms with Crippen LogP contribution < -0.4 is 4.90 Å². The van der Waals surface area contributed by atoms with Crippen molar-refractivity contribution in [1.82, 2.24) is 0 Å². The number of carbonyl (C=O) groups excluding carboxylic acids is 2. The van der Waals surface area contributed by atoms with Crippen molar-refractivity contribution in [2.24, 2.45) is 5.92 Å². The molecule has 1 amide bonds. The molecule has 0 bridgehead atoms. The van der Waals surface area contributed by atoms with E-state index in [9.17, 15) is 9.59 Å². The topological polar surface area (TPSA) is 46.6 Å². The predicted molar refractivity (Wildman–Crippen MR) is 63.7 cm³/mol. The van der Waals surface area contributed by atoms with Gasteiger partial charge in [-0.05, 0) is 19.1 Å². The first-order valence-electron chi connectivity index (χ1n) is 5.56. The lowest BCUT2D eigenvalue weighted by atomic mass is 10.1. The van der Waals surface area contributed by atoms with Crippen molar-refractivity contribution in [2.75, 3.05) is 18.6 Å². The molecule has 0 saturated carbocycles. The fourth-order valence-electron chi connectivity index (χ4n) is 2.01. The maximum absolute atomic E-state index is 11.8. The fraction of sp³-hybridized carbons (Fsp3) is 0.385. The average Bonchev–Trinajstić information content (AvgIpc) is 2.71. The molecule has 1 atom stereocenters. The molecular formula is C13H15NO3. The molecule has 1 aliphatic heterocycles. The summed E-state index contributed by atoms with van der Waals surface area (Å²) in [6, 6.07) is 7.70. The second-order valence-corrected chi connectivity index (χ2v) is 4.26. The molecule has 0 N–H and O–H groups in total. The van der Waals surface area contributed by atoms with Gasteiger partial charge in [-0.15, -0.1) is 0 Å². The molecule has 0 aliphatic carbocycles. The monoisotopic (exact) mass is 233 g/mol. The Hall–Kier alpha value is -1.84. The van der Waals surface area contributed by atoms with Crippen LogP contribution in [0, 0.1) is 12.8 Å². The van der Waals surface area contributed by atoms with Crippen LogP contribution in [0.4, 0.5) is 5.69 Å². The summed E-state index contributed by atoms with van der Waals surface area (Å²) in [4.78, 5) is 24.8. The Kier molecular flexibility index (Phi) is 3.13. The molecule has 90 valence electrons. The molecule has 17 heavy (non-hydrogen) atoms. The highest BCUT2D eigenvalue weighted by Crippen LogP contribution is 2.25. The third-order valence-corrected chi connectivity index (χ3v) is 3.01. The van der Waals surface area contributed by atoms with Crippen LogP contribution >= 0.6 is 0 Å². The van der Waals surface area contributed by atoms with Crippen LogP contribution in [0.2, 0.25) is 0 Å². The van der Waals surface area contributed by atoms with Crippen LogP contribution in [0.15, 0.2) is 24.3 Å². The van der Waals surface area contributed by atoms with Crippen LogP contribution in [-0.4, -0.2) is 25.5 Å². The Balaban J connectivity index is 2.15. The molecule has 0 radical (unpaired) electrons. The highest BCUT2D eigenvalue weighted by Gasteiger charge is 2.35. The standard InChI is InChI=1S/C13H15NO3/c1-9-3-5-11(6-4-9)14-8-10(7-12(14)15)13(16)17-2/h3-6,10H,7-8H2,1-2H3. The molecule has 4 heteroatoms. The number of nitrogens with zero attached hydrogens (tertiary/aromatic N) is 1. The lowest BCUT2D eigenvalue weighted by molar-refractivity contribution is -0.145. The smallest absolute Gasteiger partial charge is 0.311 e. The van der Waals surface area contributed by atoms with Gasteiger partial charge in [0.25, 0.3) is 0 Å². The minimum Gasteiger partial charge on any atom is -0.469 e. The maximum Gasteiger partial charge on any atom is 0.311 e. The van der Waals surface area contributed by atoms with Gasteiger partial charge < -0.3 is 9.64 Å². The number of ether oxygens (including phenoxy) is 1. The van der Waals surface area contributed by atoms with E-state index in [0.29, 0.717) is 6.54 Å². The molecular weight excluding hydrogens is 218 g/mol. The molecule has 1 aromatic rings. The predicted octanol–water partition coefficient (Wildman–Crippen LogP) is 1.52. The second-order valence-electron chi connectivity index (χ2n) is 4.26. The summed E-state index contributed by atoms with van der Waals surface area (Å²) >= 11 is 0. The van der Waals surface area contributed by atoms with Gasteiger partial charge in [0.1, 0.15) is 0 Å². The Labute approximate surface area is 100 Å². The number of esters is 1. The van der Waals surface area contributed by atoms with Crippen LogP contribution in [-0.2, 0) is 14.3 Å². The molecule has 1 aromatic carbocycles. The number of amides is 1. The molecule has 1 heterocycles. The Morgan fingerprint density at radius 3 is 2.59 bits per heavy atom. The van der Waals surface area contributed by atoms with Crippen LogP contribution in [0.25, 0.3) is 0 Å². The highest BCUT2D eigenvalue weighted by molar-refractivity contribution is 5.99. The van der Waals surface area contributed by atoms with Gasteiger partial charge in [-0.1, -0.05) is 17.7 Å². The molecule has 1 fully saturated rings. The normalized spacial score (nSPS) is 19.5. The van der Waals surface area contributed by atoms with E-state index >= 15 is 0 Å². The Morgan fingerprint density at radius 1 is 1.35 bits per heavy atom. The quantitative estimate of drug-likeness (QED) is 0.728. The van der Waals surface area contributed by atoms with E-state index in [-0.39, 0.29) is 24.2 Å². The minimum atomic E-state index is -0.339. The van der Waals surface area contributed by atoms with Gasteiger partial charge in [0.05, 0.1) is 13.0 Å². The van der Waals surface area contributed by atoms with Gasteiger partial charge in [-0.25, -0.2) is 0 Å². The zero-order valence-corrected chi connectivity index (χ0v) is 9.97. The molecule has 4 nitrogen and oxygen atoms in total.